The van der Waals surface area contributed by atoms with E-state index in [0.717, 1.165) is 9.87 Å². The van der Waals surface area contributed by atoms with E-state index in [1.807, 2.05) is 0 Å². The molecule has 0 spiro atoms. The zero-order chi connectivity index (χ0) is 27.9. The Morgan fingerprint density at radius 2 is 1.53 bits per heavy atom. The summed E-state index contributed by atoms with van der Waals surface area (Å²) >= 11 is 12.0. The molecule has 38 heavy (non-hydrogen) atoms. The number of benzene rings is 3. The predicted molar refractivity (Wildman–Crippen MR) is 149 cm³/mol. The molecule has 8 nitrogen and oxygen atoms in total. The molecule has 0 radical (unpaired) electrons. The van der Waals surface area contributed by atoms with E-state index in [4.69, 9.17) is 27.9 Å². The Morgan fingerprint density at radius 1 is 0.947 bits per heavy atom. The van der Waals surface area contributed by atoms with Crippen LogP contribution in [0.2, 0.25) is 10.0 Å². The Bertz CT molecular complexity index is 1370. The maximum atomic E-state index is 13.9. The Balaban J connectivity index is 2.08. The van der Waals surface area contributed by atoms with Gasteiger partial charge in [0.1, 0.15) is 18.3 Å². The maximum absolute atomic E-state index is 13.9. The predicted octanol–water partition coefficient (Wildman–Crippen LogP) is 4.75. The van der Waals surface area contributed by atoms with Gasteiger partial charge >= 0.3 is 0 Å². The van der Waals surface area contributed by atoms with Crippen LogP contribution in [0.25, 0.3) is 0 Å². The zero-order valence-corrected chi connectivity index (χ0v) is 23.6. The number of para-hydroxylation sites is 2. The molecule has 3 aromatic carbocycles. The van der Waals surface area contributed by atoms with Gasteiger partial charge in [-0.3, -0.25) is 13.9 Å². The Labute approximate surface area is 233 Å². The fraction of sp³-hybridized carbons (Fsp3) is 0.259. The van der Waals surface area contributed by atoms with Gasteiger partial charge < -0.3 is 15.0 Å². The lowest BCUT2D eigenvalue weighted by Crippen LogP contribution is -2.50. The standard InChI is InChI=1S/C27H29Cl2N3O5S/c1-4-37-25-8-6-5-7-24(25)32(38(35,36)23-15-13-22(29)14-16-23)18-26(33)31(19(2)27(34)30-3)17-20-9-11-21(28)12-10-20/h5-16,19H,4,17-18H2,1-3H3,(H,30,34). The number of halogens is 2. The number of hydrogen-bond donors (Lipinski definition) is 1. The quantitative estimate of drug-likeness (QED) is 0.354. The van der Waals surface area contributed by atoms with Crippen LogP contribution in [0.3, 0.4) is 0 Å². The van der Waals surface area contributed by atoms with Crippen molar-refractivity contribution >= 4 is 50.7 Å². The lowest BCUT2D eigenvalue weighted by molar-refractivity contribution is -0.139. The van der Waals surface area contributed by atoms with Gasteiger partial charge in [0.15, 0.2) is 0 Å². The minimum Gasteiger partial charge on any atom is -0.492 e. The molecule has 1 N–H and O–H groups in total. The van der Waals surface area contributed by atoms with Crippen molar-refractivity contribution < 1.29 is 22.7 Å². The van der Waals surface area contributed by atoms with E-state index in [-0.39, 0.29) is 23.7 Å². The summed E-state index contributed by atoms with van der Waals surface area (Å²) in [6.07, 6.45) is 0. The first kappa shape index (κ1) is 29.3. The van der Waals surface area contributed by atoms with E-state index >= 15 is 0 Å². The van der Waals surface area contributed by atoms with Crippen LogP contribution >= 0.6 is 23.2 Å². The number of nitrogens with zero attached hydrogens (tertiary/aromatic N) is 2. The third-order valence-electron chi connectivity index (χ3n) is 5.79. The first-order valence-electron chi connectivity index (χ1n) is 11.8. The van der Waals surface area contributed by atoms with Crippen LogP contribution in [-0.2, 0) is 26.2 Å². The number of amides is 2. The number of likely N-dealkylation sites (N-methyl/N-ethyl adjacent to an activating group) is 1. The number of carbonyl (C=O) groups excluding carboxylic acids is 2. The summed E-state index contributed by atoms with van der Waals surface area (Å²) in [5, 5.41) is 3.45. The molecule has 2 amide bonds. The van der Waals surface area contributed by atoms with Crippen molar-refractivity contribution in [2.45, 2.75) is 31.3 Å². The van der Waals surface area contributed by atoms with Gasteiger partial charge in [-0.2, -0.15) is 0 Å². The molecule has 0 fully saturated rings. The van der Waals surface area contributed by atoms with Gasteiger partial charge in [0, 0.05) is 23.6 Å². The molecule has 0 saturated carbocycles. The minimum absolute atomic E-state index is 0.0513. The molecule has 202 valence electrons. The highest BCUT2D eigenvalue weighted by molar-refractivity contribution is 7.92. The Morgan fingerprint density at radius 3 is 2.11 bits per heavy atom. The normalized spacial score (nSPS) is 11.9. The molecule has 1 unspecified atom stereocenters. The van der Waals surface area contributed by atoms with Crippen LogP contribution in [0, 0.1) is 0 Å². The molecule has 0 heterocycles. The second-order valence-electron chi connectivity index (χ2n) is 8.30. The topological polar surface area (TPSA) is 96.0 Å². The third-order valence-corrected chi connectivity index (χ3v) is 8.07. The highest BCUT2D eigenvalue weighted by Crippen LogP contribution is 2.33. The van der Waals surface area contributed by atoms with Crippen LogP contribution in [0.5, 0.6) is 5.75 Å². The molecule has 0 saturated heterocycles. The van der Waals surface area contributed by atoms with Gasteiger partial charge in [-0.15, -0.1) is 0 Å². The Hall–Kier alpha value is -3.27. The molecular formula is C27H29Cl2N3O5S. The molecule has 0 aliphatic carbocycles. The molecule has 0 aliphatic heterocycles. The second-order valence-corrected chi connectivity index (χ2v) is 11.0. The molecular weight excluding hydrogens is 549 g/mol. The van der Waals surface area contributed by atoms with E-state index in [2.05, 4.69) is 5.32 Å². The van der Waals surface area contributed by atoms with Crippen LogP contribution in [0.1, 0.15) is 19.4 Å². The second kappa shape index (κ2) is 13.0. The summed E-state index contributed by atoms with van der Waals surface area (Å²) in [6, 6.07) is 18.2. The maximum Gasteiger partial charge on any atom is 0.264 e. The number of nitrogens with one attached hydrogen (secondary N) is 1. The number of sulfonamides is 1. The minimum atomic E-state index is -4.24. The van der Waals surface area contributed by atoms with Crippen molar-refractivity contribution in [2.24, 2.45) is 0 Å². The van der Waals surface area contributed by atoms with Crippen molar-refractivity contribution in [1.82, 2.24) is 10.2 Å². The first-order chi connectivity index (χ1) is 18.1. The van der Waals surface area contributed by atoms with Crippen molar-refractivity contribution in [3.05, 3.63) is 88.4 Å². The van der Waals surface area contributed by atoms with E-state index in [1.54, 1.807) is 62.4 Å². The monoisotopic (exact) mass is 577 g/mol. The average molecular weight is 579 g/mol. The van der Waals surface area contributed by atoms with E-state index in [1.165, 1.54) is 36.2 Å². The molecule has 3 rings (SSSR count). The van der Waals surface area contributed by atoms with Crippen LogP contribution < -0.4 is 14.4 Å². The molecule has 1 atom stereocenters. The number of ether oxygens (including phenoxy) is 1. The van der Waals surface area contributed by atoms with Crippen molar-refractivity contribution in [3.8, 4) is 5.75 Å². The van der Waals surface area contributed by atoms with Gasteiger partial charge in [-0.1, -0.05) is 47.5 Å². The number of anilines is 1. The summed E-state index contributed by atoms with van der Waals surface area (Å²) in [5.41, 5.74) is 0.914. The van der Waals surface area contributed by atoms with Gasteiger partial charge in [0.2, 0.25) is 11.8 Å². The number of carbonyl (C=O) groups is 2. The smallest absolute Gasteiger partial charge is 0.264 e. The van der Waals surface area contributed by atoms with Crippen molar-refractivity contribution in [2.75, 3.05) is 24.5 Å². The van der Waals surface area contributed by atoms with E-state index < -0.39 is 34.4 Å². The fourth-order valence-corrected chi connectivity index (χ4v) is 5.44. The molecule has 3 aromatic rings. The fourth-order valence-electron chi connectivity index (χ4n) is 3.77. The highest BCUT2D eigenvalue weighted by Gasteiger charge is 2.33. The van der Waals surface area contributed by atoms with Crippen LogP contribution in [0.15, 0.2) is 77.7 Å². The first-order valence-corrected chi connectivity index (χ1v) is 14.0. The molecule has 0 aromatic heterocycles. The van der Waals surface area contributed by atoms with Gasteiger partial charge in [-0.25, -0.2) is 8.42 Å². The Kier molecular flexibility index (Phi) is 10.0. The van der Waals surface area contributed by atoms with Crippen molar-refractivity contribution in [3.63, 3.8) is 0 Å². The number of rotatable bonds is 11. The van der Waals surface area contributed by atoms with Crippen LogP contribution in [0.4, 0.5) is 5.69 Å². The molecule has 0 aliphatic rings. The summed E-state index contributed by atoms with van der Waals surface area (Å²) in [4.78, 5) is 27.6. The van der Waals surface area contributed by atoms with Crippen LogP contribution in [-0.4, -0.2) is 51.4 Å². The van der Waals surface area contributed by atoms with E-state index in [9.17, 15) is 18.0 Å². The summed E-state index contributed by atoms with van der Waals surface area (Å²) in [7, 11) is -2.77. The molecule has 11 heteroatoms. The van der Waals surface area contributed by atoms with E-state index in [0.29, 0.717) is 15.8 Å². The van der Waals surface area contributed by atoms with Gasteiger partial charge in [-0.05, 0) is 67.9 Å². The summed E-state index contributed by atoms with van der Waals surface area (Å²) < 4.78 is 34.4. The average Bonchev–Trinajstić information content (AvgIpc) is 2.91. The zero-order valence-electron chi connectivity index (χ0n) is 21.2. The molecule has 0 bridgehead atoms. The highest BCUT2D eigenvalue weighted by atomic mass is 35.5. The summed E-state index contributed by atoms with van der Waals surface area (Å²) in [5.74, 6) is -0.682. The van der Waals surface area contributed by atoms with Gasteiger partial charge in [0.05, 0.1) is 17.2 Å². The number of hydrogen-bond acceptors (Lipinski definition) is 5. The SMILES string of the molecule is CCOc1ccccc1N(CC(=O)N(Cc1ccc(Cl)cc1)C(C)C(=O)NC)S(=O)(=O)c1ccc(Cl)cc1. The van der Waals surface area contributed by atoms with Gasteiger partial charge in [0.25, 0.3) is 10.0 Å². The largest absolute Gasteiger partial charge is 0.492 e. The lowest BCUT2D eigenvalue weighted by atomic mass is 10.1. The van der Waals surface area contributed by atoms with Crippen molar-refractivity contribution in [1.29, 1.82) is 0 Å². The summed E-state index contributed by atoms with van der Waals surface area (Å²) in [6.45, 7) is 3.13. The lowest BCUT2D eigenvalue weighted by Gasteiger charge is -2.32. The third kappa shape index (κ3) is 6.98.